The van der Waals surface area contributed by atoms with Gasteiger partial charge in [-0.25, -0.2) is 18.2 Å². The number of hydrogen-bond donors (Lipinski definition) is 2. The van der Waals surface area contributed by atoms with E-state index in [-0.39, 0.29) is 12.0 Å². The Morgan fingerprint density at radius 1 is 1.25 bits per heavy atom. The lowest BCUT2D eigenvalue weighted by molar-refractivity contribution is -0.137. The molecule has 0 bridgehead atoms. The number of primary amides is 1. The predicted octanol–water partition coefficient (Wildman–Crippen LogP) is 3.59. The fraction of sp³-hybridized carbons (Fsp3) is 0.353. The molecule has 0 radical (unpaired) electrons. The van der Waals surface area contributed by atoms with E-state index in [2.05, 4.69) is 4.98 Å². The van der Waals surface area contributed by atoms with Crippen LogP contribution in [-0.2, 0) is 17.4 Å². The molecule has 0 saturated heterocycles. The number of nitrogens with two attached hydrogens (primary N) is 1. The number of alkyl halides is 5. The van der Waals surface area contributed by atoms with Crippen molar-refractivity contribution in [3.63, 3.8) is 0 Å². The Bertz CT molecular complexity index is 966. The first kappa shape index (κ1) is 21.5. The standard InChI is InChI=1S/C17H15F6N3O2/c1-16(2,15(24)28)6-7-3-4-8(17(21,22)23)11(12(7)18)14-25-9(13(19)20)5-10(27)26-14/h3-5,13H,6H2,1-2H3,(H2,24,28)(H,25,26,27). The Kier molecular flexibility index (Phi) is 5.58. The molecule has 1 amide bonds. The van der Waals surface area contributed by atoms with Crippen LogP contribution in [0.15, 0.2) is 23.0 Å². The van der Waals surface area contributed by atoms with E-state index in [0.717, 1.165) is 6.07 Å². The van der Waals surface area contributed by atoms with Gasteiger partial charge in [-0.15, -0.1) is 0 Å². The Balaban J connectivity index is 2.79. The van der Waals surface area contributed by atoms with Gasteiger partial charge in [0.05, 0.1) is 11.1 Å². The summed E-state index contributed by atoms with van der Waals surface area (Å²) >= 11 is 0. The number of hydrogen-bond acceptors (Lipinski definition) is 3. The van der Waals surface area contributed by atoms with Gasteiger partial charge in [-0.3, -0.25) is 9.59 Å². The lowest BCUT2D eigenvalue weighted by atomic mass is 9.84. The van der Waals surface area contributed by atoms with Gasteiger partial charge in [0.15, 0.2) is 0 Å². The molecule has 0 aliphatic rings. The van der Waals surface area contributed by atoms with Crippen molar-refractivity contribution in [2.24, 2.45) is 11.1 Å². The third kappa shape index (κ3) is 4.34. The fourth-order valence-corrected chi connectivity index (χ4v) is 2.49. The minimum Gasteiger partial charge on any atom is -0.369 e. The maximum atomic E-state index is 15.0. The second-order valence-electron chi connectivity index (χ2n) is 6.70. The minimum absolute atomic E-state index is 0.322. The molecule has 0 atom stereocenters. The number of aromatic amines is 1. The molecule has 152 valence electrons. The van der Waals surface area contributed by atoms with Gasteiger partial charge in [0.1, 0.15) is 17.3 Å². The van der Waals surface area contributed by atoms with Crippen LogP contribution in [0.25, 0.3) is 11.4 Å². The highest BCUT2D eigenvalue weighted by molar-refractivity contribution is 5.80. The molecular formula is C17H15F6N3O2. The summed E-state index contributed by atoms with van der Waals surface area (Å²) in [7, 11) is 0. The number of carbonyl (C=O) groups is 1. The zero-order chi connectivity index (χ0) is 21.4. The van der Waals surface area contributed by atoms with Crippen LogP contribution >= 0.6 is 0 Å². The molecular weight excluding hydrogens is 392 g/mol. The van der Waals surface area contributed by atoms with Gasteiger partial charge in [0, 0.05) is 11.5 Å². The molecule has 2 aromatic rings. The lowest BCUT2D eigenvalue weighted by Crippen LogP contribution is -2.33. The largest absolute Gasteiger partial charge is 0.417 e. The first-order valence-corrected chi connectivity index (χ1v) is 7.82. The quantitative estimate of drug-likeness (QED) is 0.743. The van der Waals surface area contributed by atoms with E-state index in [1.165, 1.54) is 13.8 Å². The lowest BCUT2D eigenvalue weighted by Gasteiger charge is -2.22. The fourth-order valence-electron chi connectivity index (χ4n) is 2.49. The molecule has 0 fully saturated rings. The summed E-state index contributed by atoms with van der Waals surface area (Å²) in [5.74, 6) is -3.26. The molecule has 0 aliphatic heterocycles. The highest BCUT2D eigenvalue weighted by atomic mass is 19.4. The third-order valence-electron chi connectivity index (χ3n) is 4.05. The van der Waals surface area contributed by atoms with Crippen LogP contribution in [0, 0.1) is 11.2 Å². The van der Waals surface area contributed by atoms with E-state index in [0.29, 0.717) is 12.1 Å². The molecule has 1 heterocycles. The van der Waals surface area contributed by atoms with Gasteiger partial charge in [0.2, 0.25) is 5.91 Å². The van der Waals surface area contributed by atoms with Crippen LogP contribution in [0.5, 0.6) is 0 Å². The van der Waals surface area contributed by atoms with E-state index in [9.17, 15) is 31.5 Å². The number of nitrogens with zero attached hydrogens (tertiary/aromatic N) is 1. The Hall–Kier alpha value is -2.85. The Labute approximate surface area is 154 Å². The number of nitrogens with one attached hydrogen (secondary N) is 1. The maximum absolute atomic E-state index is 15.0. The van der Waals surface area contributed by atoms with Crippen LogP contribution in [0.3, 0.4) is 0 Å². The molecule has 1 aromatic heterocycles. The summed E-state index contributed by atoms with van der Waals surface area (Å²) < 4.78 is 80.9. The van der Waals surface area contributed by atoms with Crippen LogP contribution in [-0.4, -0.2) is 15.9 Å². The van der Waals surface area contributed by atoms with Crippen LogP contribution in [0.1, 0.15) is 37.1 Å². The van der Waals surface area contributed by atoms with Crippen molar-refractivity contribution in [3.05, 3.63) is 51.2 Å². The summed E-state index contributed by atoms with van der Waals surface area (Å²) in [4.78, 5) is 28.2. The summed E-state index contributed by atoms with van der Waals surface area (Å²) in [6.45, 7) is 2.73. The van der Waals surface area contributed by atoms with Gasteiger partial charge in [0.25, 0.3) is 12.0 Å². The number of aromatic nitrogens is 2. The Morgan fingerprint density at radius 2 is 1.86 bits per heavy atom. The molecule has 0 unspecified atom stereocenters. The van der Waals surface area contributed by atoms with Crippen LogP contribution in [0.4, 0.5) is 26.3 Å². The van der Waals surface area contributed by atoms with Gasteiger partial charge >= 0.3 is 6.18 Å². The second-order valence-corrected chi connectivity index (χ2v) is 6.70. The van der Waals surface area contributed by atoms with Gasteiger partial charge < -0.3 is 10.7 Å². The third-order valence-corrected chi connectivity index (χ3v) is 4.05. The van der Waals surface area contributed by atoms with E-state index >= 15 is 4.39 Å². The monoisotopic (exact) mass is 407 g/mol. The van der Waals surface area contributed by atoms with Crippen molar-refractivity contribution in [1.82, 2.24) is 9.97 Å². The number of halogens is 6. The summed E-state index contributed by atoms with van der Waals surface area (Å²) in [6, 6.07) is 1.75. The molecule has 1 aromatic carbocycles. The number of H-pyrrole nitrogens is 1. The molecule has 5 nitrogen and oxygen atoms in total. The van der Waals surface area contributed by atoms with Gasteiger partial charge in [-0.05, 0) is 18.1 Å². The zero-order valence-corrected chi connectivity index (χ0v) is 14.6. The highest BCUT2D eigenvalue weighted by Gasteiger charge is 2.38. The topological polar surface area (TPSA) is 88.8 Å². The number of carbonyl (C=O) groups excluding carboxylic acids is 1. The van der Waals surface area contributed by atoms with Crippen molar-refractivity contribution in [3.8, 4) is 11.4 Å². The minimum atomic E-state index is -5.06. The van der Waals surface area contributed by atoms with Crippen molar-refractivity contribution in [2.45, 2.75) is 32.9 Å². The highest BCUT2D eigenvalue weighted by Crippen LogP contribution is 2.39. The predicted molar refractivity (Wildman–Crippen MR) is 86.9 cm³/mol. The van der Waals surface area contributed by atoms with E-state index in [4.69, 9.17) is 5.73 Å². The summed E-state index contributed by atoms with van der Waals surface area (Å²) in [5, 5.41) is 0. The average molecular weight is 407 g/mol. The van der Waals surface area contributed by atoms with E-state index in [1.54, 1.807) is 0 Å². The van der Waals surface area contributed by atoms with Crippen LogP contribution in [0.2, 0.25) is 0 Å². The Morgan fingerprint density at radius 3 is 2.36 bits per heavy atom. The van der Waals surface area contributed by atoms with E-state index in [1.807, 2.05) is 4.98 Å². The molecule has 0 spiro atoms. The maximum Gasteiger partial charge on any atom is 0.417 e. The SMILES string of the molecule is CC(C)(Cc1ccc(C(F)(F)F)c(-c2nc(C(F)F)cc(=O)[nH]2)c1F)C(N)=O. The molecule has 0 aliphatic carbocycles. The molecule has 11 heteroatoms. The smallest absolute Gasteiger partial charge is 0.369 e. The van der Waals surface area contributed by atoms with Crippen molar-refractivity contribution in [2.75, 3.05) is 0 Å². The first-order valence-electron chi connectivity index (χ1n) is 7.82. The molecule has 28 heavy (non-hydrogen) atoms. The number of benzene rings is 1. The van der Waals surface area contributed by atoms with E-state index < -0.39 is 57.9 Å². The number of rotatable bonds is 5. The molecule has 0 saturated carbocycles. The first-order chi connectivity index (χ1) is 12.7. The number of amides is 1. The molecule has 2 rings (SSSR count). The van der Waals surface area contributed by atoms with Gasteiger partial charge in [-0.2, -0.15) is 13.2 Å². The van der Waals surface area contributed by atoms with Crippen molar-refractivity contribution < 1.29 is 31.1 Å². The molecule has 3 N–H and O–H groups in total. The summed E-state index contributed by atoms with van der Waals surface area (Å²) in [5.41, 5.74) is -1.40. The normalized spacial score (nSPS) is 12.5. The zero-order valence-electron chi connectivity index (χ0n) is 14.6. The van der Waals surface area contributed by atoms with Crippen molar-refractivity contribution >= 4 is 5.91 Å². The van der Waals surface area contributed by atoms with Gasteiger partial charge in [-0.1, -0.05) is 19.9 Å². The van der Waals surface area contributed by atoms with Crippen molar-refractivity contribution in [1.29, 1.82) is 0 Å². The average Bonchev–Trinajstić information content (AvgIpc) is 2.54. The summed E-state index contributed by atoms with van der Waals surface area (Å²) in [6.07, 6.45) is -8.68. The van der Waals surface area contributed by atoms with Crippen LogP contribution < -0.4 is 11.3 Å². The second kappa shape index (κ2) is 7.28.